The molecule has 1 heterocycles. The summed E-state index contributed by atoms with van der Waals surface area (Å²) in [7, 11) is 3.99. The Hall–Kier alpha value is -2.40. The summed E-state index contributed by atoms with van der Waals surface area (Å²) >= 11 is 0. The summed E-state index contributed by atoms with van der Waals surface area (Å²) in [6.45, 7) is 3.12. The molecule has 2 aromatic rings. The van der Waals surface area contributed by atoms with Crippen LogP contribution in [-0.4, -0.2) is 49.4 Å². The number of rotatable bonds is 6. The number of carbonyl (C=O) groups excluding carboxylic acids is 1. The quantitative estimate of drug-likeness (QED) is 0.775. The lowest BCUT2D eigenvalue weighted by Crippen LogP contribution is -2.40. The van der Waals surface area contributed by atoms with Gasteiger partial charge in [0, 0.05) is 31.3 Å². The second-order valence-corrected chi connectivity index (χ2v) is 7.36. The SMILES string of the molecule is CN1CCCC(CN(C)C(=O)c2ccc(OCc3ccccc3F)cc2)C1. The van der Waals surface area contributed by atoms with Gasteiger partial charge < -0.3 is 14.5 Å². The molecule has 1 atom stereocenters. The Balaban J connectivity index is 1.54. The number of ether oxygens (including phenoxy) is 1. The van der Waals surface area contributed by atoms with Crippen molar-refractivity contribution >= 4 is 5.91 Å². The Bertz CT molecular complexity index is 763. The lowest BCUT2D eigenvalue weighted by atomic mass is 9.98. The van der Waals surface area contributed by atoms with Gasteiger partial charge in [-0.2, -0.15) is 0 Å². The molecule has 0 N–H and O–H groups in total. The zero-order chi connectivity index (χ0) is 19.2. The third kappa shape index (κ3) is 5.30. The van der Waals surface area contributed by atoms with E-state index in [1.165, 1.54) is 18.9 Å². The predicted molar refractivity (Wildman–Crippen MR) is 104 cm³/mol. The molecule has 1 amide bonds. The minimum Gasteiger partial charge on any atom is -0.489 e. The first-order valence-corrected chi connectivity index (χ1v) is 9.43. The molecule has 1 aliphatic heterocycles. The molecule has 4 nitrogen and oxygen atoms in total. The normalized spacial score (nSPS) is 17.5. The Labute approximate surface area is 160 Å². The molecule has 1 aliphatic rings. The number of hydrogen-bond acceptors (Lipinski definition) is 3. The third-order valence-electron chi connectivity index (χ3n) is 5.05. The van der Waals surface area contributed by atoms with Crippen molar-refractivity contribution in [1.82, 2.24) is 9.80 Å². The monoisotopic (exact) mass is 370 g/mol. The van der Waals surface area contributed by atoms with Gasteiger partial charge in [0.2, 0.25) is 0 Å². The molecular weight excluding hydrogens is 343 g/mol. The summed E-state index contributed by atoms with van der Waals surface area (Å²) in [4.78, 5) is 16.8. The fraction of sp³-hybridized carbons (Fsp3) is 0.409. The van der Waals surface area contributed by atoms with Crippen LogP contribution < -0.4 is 4.74 Å². The highest BCUT2D eigenvalue weighted by atomic mass is 19.1. The number of likely N-dealkylation sites (tertiary alicyclic amines) is 1. The van der Waals surface area contributed by atoms with Crippen molar-refractivity contribution in [3.05, 3.63) is 65.5 Å². The lowest BCUT2D eigenvalue weighted by molar-refractivity contribution is 0.0741. The molecule has 0 aliphatic carbocycles. The Morgan fingerprint density at radius 1 is 1.22 bits per heavy atom. The number of carbonyl (C=O) groups is 1. The van der Waals surface area contributed by atoms with Crippen molar-refractivity contribution in [2.24, 2.45) is 5.92 Å². The molecule has 0 bridgehead atoms. The van der Waals surface area contributed by atoms with Crippen LogP contribution in [0.1, 0.15) is 28.8 Å². The summed E-state index contributed by atoms with van der Waals surface area (Å²) in [5, 5.41) is 0. The van der Waals surface area contributed by atoms with Gasteiger partial charge >= 0.3 is 0 Å². The molecule has 0 saturated carbocycles. The molecule has 144 valence electrons. The Morgan fingerprint density at radius 3 is 2.67 bits per heavy atom. The maximum atomic E-state index is 13.6. The predicted octanol–water partition coefficient (Wildman–Crippen LogP) is 3.82. The smallest absolute Gasteiger partial charge is 0.253 e. The van der Waals surface area contributed by atoms with Crippen LogP contribution in [0.3, 0.4) is 0 Å². The molecule has 1 fully saturated rings. The molecule has 5 heteroatoms. The molecule has 1 saturated heterocycles. The van der Waals surface area contributed by atoms with E-state index in [0.717, 1.165) is 19.6 Å². The van der Waals surface area contributed by atoms with Crippen LogP contribution in [0, 0.1) is 11.7 Å². The summed E-state index contributed by atoms with van der Waals surface area (Å²) in [6.07, 6.45) is 2.36. The van der Waals surface area contributed by atoms with Crippen molar-refractivity contribution in [3.63, 3.8) is 0 Å². The number of nitrogens with zero attached hydrogens (tertiary/aromatic N) is 2. The molecule has 0 spiro atoms. The topological polar surface area (TPSA) is 32.8 Å². The van der Waals surface area contributed by atoms with Crippen molar-refractivity contribution in [1.29, 1.82) is 0 Å². The van der Waals surface area contributed by atoms with E-state index < -0.39 is 0 Å². The van der Waals surface area contributed by atoms with E-state index in [1.807, 2.05) is 7.05 Å². The number of piperidine rings is 1. The zero-order valence-corrected chi connectivity index (χ0v) is 16.0. The van der Waals surface area contributed by atoms with Gasteiger partial charge in [0.1, 0.15) is 18.2 Å². The number of hydrogen-bond donors (Lipinski definition) is 0. The van der Waals surface area contributed by atoms with Crippen LogP contribution in [0.4, 0.5) is 4.39 Å². The second-order valence-electron chi connectivity index (χ2n) is 7.36. The van der Waals surface area contributed by atoms with Gasteiger partial charge in [-0.1, -0.05) is 18.2 Å². The maximum Gasteiger partial charge on any atom is 0.253 e. The fourth-order valence-corrected chi connectivity index (χ4v) is 3.58. The van der Waals surface area contributed by atoms with Gasteiger partial charge in [0.15, 0.2) is 0 Å². The van der Waals surface area contributed by atoms with Crippen LogP contribution in [0.2, 0.25) is 0 Å². The molecule has 0 aromatic heterocycles. The minimum absolute atomic E-state index is 0.0175. The molecule has 0 radical (unpaired) electrons. The van der Waals surface area contributed by atoms with E-state index in [2.05, 4.69) is 11.9 Å². The summed E-state index contributed by atoms with van der Waals surface area (Å²) in [5.74, 6) is 0.885. The third-order valence-corrected chi connectivity index (χ3v) is 5.05. The van der Waals surface area contributed by atoms with E-state index in [4.69, 9.17) is 4.74 Å². The summed E-state index contributed by atoms with van der Waals surface area (Å²) in [5.41, 5.74) is 1.15. The molecule has 27 heavy (non-hydrogen) atoms. The number of benzene rings is 2. The van der Waals surface area contributed by atoms with E-state index in [-0.39, 0.29) is 18.3 Å². The van der Waals surface area contributed by atoms with Crippen LogP contribution in [-0.2, 0) is 6.61 Å². The highest BCUT2D eigenvalue weighted by molar-refractivity contribution is 5.94. The molecule has 3 rings (SSSR count). The van der Waals surface area contributed by atoms with Gasteiger partial charge in [-0.25, -0.2) is 4.39 Å². The first kappa shape index (κ1) is 19.4. The van der Waals surface area contributed by atoms with Crippen molar-refractivity contribution in [2.75, 3.05) is 33.7 Å². The fourth-order valence-electron chi connectivity index (χ4n) is 3.58. The minimum atomic E-state index is -0.278. The van der Waals surface area contributed by atoms with E-state index >= 15 is 0 Å². The van der Waals surface area contributed by atoms with Crippen LogP contribution in [0.15, 0.2) is 48.5 Å². The lowest BCUT2D eigenvalue weighted by Gasteiger charge is -2.32. The van der Waals surface area contributed by atoms with E-state index in [0.29, 0.717) is 22.8 Å². The molecule has 1 unspecified atom stereocenters. The average Bonchev–Trinajstić information content (AvgIpc) is 2.67. The van der Waals surface area contributed by atoms with Gasteiger partial charge in [-0.05, 0) is 62.7 Å². The van der Waals surface area contributed by atoms with Gasteiger partial charge in [0.25, 0.3) is 5.91 Å². The van der Waals surface area contributed by atoms with E-state index in [1.54, 1.807) is 47.4 Å². The second kappa shape index (κ2) is 9.00. The zero-order valence-electron chi connectivity index (χ0n) is 16.0. The van der Waals surface area contributed by atoms with Crippen LogP contribution in [0.25, 0.3) is 0 Å². The van der Waals surface area contributed by atoms with E-state index in [9.17, 15) is 9.18 Å². The summed E-state index contributed by atoms with van der Waals surface area (Å²) < 4.78 is 19.3. The first-order chi connectivity index (χ1) is 13.0. The van der Waals surface area contributed by atoms with Crippen molar-refractivity contribution < 1.29 is 13.9 Å². The number of halogens is 1. The number of amides is 1. The van der Waals surface area contributed by atoms with Gasteiger partial charge in [-0.3, -0.25) is 4.79 Å². The van der Waals surface area contributed by atoms with Crippen molar-refractivity contribution in [3.8, 4) is 5.75 Å². The van der Waals surface area contributed by atoms with Crippen LogP contribution in [0.5, 0.6) is 5.75 Å². The first-order valence-electron chi connectivity index (χ1n) is 9.43. The van der Waals surface area contributed by atoms with Gasteiger partial charge in [-0.15, -0.1) is 0 Å². The Morgan fingerprint density at radius 2 is 1.96 bits per heavy atom. The highest BCUT2D eigenvalue weighted by Gasteiger charge is 2.21. The highest BCUT2D eigenvalue weighted by Crippen LogP contribution is 2.19. The molecule has 2 aromatic carbocycles. The Kier molecular flexibility index (Phi) is 6.45. The summed E-state index contributed by atoms with van der Waals surface area (Å²) in [6, 6.07) is 13.6. The van der Waals surface area contributed by atoms with Gasteiger partial charge in [0.05, 0.1) is 0 Å². The largest absolute Gasteiger partial charge is 0.489 e. The standard InChI is InChI=1S/C22H27FN2O2/c1-24-13-5-6-17(14-24)15-25(2)22(26)18-9-11-20(12-10-18)27-16-19-7-3-4-8-21(19)23/h3-4,7-12,17H,5-6,13-16H2,1-2H3. The molecular formula is C22H27FN2O2. The van der Waals surface area contributed by atoms with Crippen LogP contribution >= 0.6 is 0 Å². The maximum absolute atomic E-state index is 13.6. The average molecular weight is 370 g/mol. The van der Waals surface area contributed by atoms with Crippen molar-refractivity contribution in [2.45, 2.75) is 19.4 Å².